The Morgan fingerprint density at radius 2 is 1.68 bits per heavy atom. The molecular formula is C24H28N4O2S. The van der Waals surface area contributed by atoms with Gasteiger partial charge in [0.25, 0.3) is 5.62 Å². The van der Waals surface area contributed by atoms with Gasteiger partial charge in [0.2, 0.25) is 0 Å². The smallest absolute Gasteiger partial charge is 0.254 e. The molecule has 3 aromatic rings. The van der Waals surface area contributed by atoms with Gasteiger partial charge in [0.15, 0.2) is 16.7 Å². The van der Waals surface area contributed by atoms with Crippen LogP contribution in [0.2, 0.25) is 0 Å². The molecule has 0 N–H and O–H groups in total. The summed E-state index contributed by atoms with van der Waals surface area (Å²) < 4.78 is 13.3. The van der Waals surface area contributed by atoms with Crippen molar-refractivity contribution in [2.24, 2.45) is 4.99 Å². The molecule has 1 aromatic heterocycles. The third kappa shape index (κ3) is 4.06. The van der Waals surface area contributed by atoms with Crippen molar-refractivity contribution in [2.75, 3.05) is 20.0 Å². The number of fused-ring (bicyclic) bond motifs is 3. The molecule has 0 amide bonds. The summed E-state index contributed by atoms with van der Waals surface area (Å²) in [7, 11) is 3.32. The van der Waals surface area contributed by atoms with E-state index in [0.717, 1.165) is 57.8 Å². The minimum absolute atomic E-state index is 0.486. The van der Waals surface area contributed by atoms with Gasteiger partial charge >= 0.3 is 0 Å². The second-order valence-electron chi connectivity index (χ2n) is 7.69. The van der Waals surface area contributed by atoms with Crippen molar-refractivity contribution in [1.82, 2.24) is 14.5 Å². The molecule has 1 aliphatic heterocycles. The highest BCUT2D eigenvalue weighted by molar-refractivity contribution is 7.99. The maximum absolute atomic E-state index is 5.56. The Hall–Kier alpha value is -2.80. The lowest BCUT2D eigenvalue weighted by Crippen LogP contribution is -2.25. The molecule has 2 heterocycles. The molecule has 0 fully saturated rings. The van der Waals surface area contributed by atoms with Crippen molar-refractivity contribution in [3.8, 4) is 22.9 Å². The lowest BCUT2D eigenvalue weighted by Gasteiger charge is -2.24. The van der Waals surface area contributed by atoms with E-state index in [0.29, 0.717) is 11.4 Å². The zero-order valence-corrected chi connectivity index (χ0v) is 19.8. The molecule has 7 heteroatoms. The van der Waals surface area contributed by atoms with E-state index >= 15 is 0 Å². The highest BCUT2D eigenvalue weighted by Gasteiger charge is 2.23. The van der Waals surface area contributed by atoms with Gasteiger partial charge in [-0.05, 0) is 61.8 Å². The maximum atomic E-state index is 5.56. The average Bonchev–Trinajstić information content (AvgIpc) is 2.75. The molecular weight excluding hydrogens is 408 g/mol. The Balaban J connectivity index is 1.96. The van der Waals surface area contributed by atoms with E-state index in [1.54, 1.807) is 26.0 Å². The Labute approximate surface area is 187 Å². The van der Waals surface area contributed by atoms with Gasteiger partial charge in [0.05, 0.1) is 19.9 Å². The van der Waals surface area contributed by atoms with E-state index in [1.165, 1.54) is 11.1 Å². The van der Waals surface area contributed by atoms with Crippen LogP contribution < -0.4 is 15.1 Å². The Kier molecular flexibility index (Phi) is 6.05. The fraction of sp³-hybridized carbons (Fsp3) is 0.375. The molecule has 0 atom stereocenters. The number of aromatic nitrogens is 3. The fourth-order valence-corrected chi connectivity index (χ4v) is 4.87. The third-order valence-corrected chi connectivity index (χ3v) is 6.32. The largest absolute Gasteiger partial charge is 0.493 e. The molecule has 0 bridgehead atoms. The molecule has 6 nitrogen and oxygen atoms in total. The number of thioether (sulfide) groups is 1. The first-order valence-electron chi connectivity index (χ1n) is 10.4. The number of hydrogen-bond acceptors (Lipinski definition) is 6. The van der Waals surface area contributed by atoms with Crippen LogP contribution in [-0.4, -0.2) is 34.5 Å². The minimum Gasteiger partial charge on any atom is -0.493 e. The Bertz CT molecular complexity index is 1190. The summed E-state index contributed by atoms with van der Waals surface area (Å²) in [6.45, 7) is 9.23. The molecule has 4 rings (SSSR count). The number of ether oxygens (including phenoxy) is 2. The first-order chi connectivity index (χ1) is 14.9. The molecule has 2 aromatic carbocycles. The van der Waals surface area contributed by atoms with Gasteiger partial charge in [-0.1, -0.05) is 36.4 Å². The molecule has 0 unspecified atom stereocenters. The number of aryl methyl sites for hydroxylation is 4. The number of methoxy groups -OCH3 is 2. The van der Waals surface area contributed by atoms with E-state index in [-0.39, 0.29) is 0 Å². The van der Waals surface area contributed by atoms with Crippen molar-refractivity contribution >= 4 is 17.4 Å². The van der Waals surface area contributed by atoms with E-state index in [9.17, 15) is 0 Å². The summed E-state index contributed by atoms with van der Waals surface area (Å²) in [5.74, 6) is 3.23. The average molecular weight is 437 g/mol. The highest BCUT2D eigenvalue weighted by Crippen LogP contribution is 2.38. The zero-order valence-electron chi connectivity index (χ0n) is 18.9. The molecule has 0 radical (unpaired) electrons. The maximum Gasteiger partial charge on any atom is 0.254 e. The first-order valence-corrected chi connectivity index (χ1v) is 11.4. The SMILES string of the molecule is CCSc1nc(=Nc2c(C)cc(C)cc2C)nc2n1CCc1cc(OC)c(OC)cc1-2. The minimum atomic E-state index is 0.486. The van der Waals surface area contributed by atoms with Crippen molar-refractivity contribution in [3.63, 3.8) is 0 Å². The summed E-state index contributed by atoms with van der Waals surface area (Å²) >= 11 is 1.71. The molecule has 31 heavy (non-hydrogen) atoms. The number of benzene rings is 2. The Morgan fingerprint density at radius 3 is 2.32 bits per heavy atom. The lowest BCUT2D eigenvalue weighted by molar-refractivity contribution is 0.354. The van der Waals surface area contributed by atoms with Crippen LogP contribution in [-0.2, 0) is 13.0 Å². The van der Waals surface area contributed by atoms with E-state index in [1.807, 2.05) is 6.07 Å². The monoisotopic (exact) mass is 436 g/mol. The van der Waals surface area contributed by atoms with E-state index < -0.39 is 0 Å². The van der Waals surface area contributed by atoms with Crippen LogP contribution in [0.25, 0.3) is 11.4 Å². The third-order valence-electron chi connectivity index (χ3n) is 5.46. The zero-order chi connectivity index (χ0) is 22.1. The second-order valence-corrected chi connectivity index (χ2v) is 8.92. The van der Waals surface area contributed by atoms with Crippen LogP contribution in [0.4, 0.5) is 5.69 Å². The van der Waals surface area contributed by atoms with Crippen LogP contribution in [0.5, 0.6) is 11.5 Å². The number of rotatable bonds is 5. The van der Waals surface area contributed by atoms with Gasteiger partial charge in [-0.25, -0.2) is 4.99 Å². The van der Waals surface area contributed by atoms with Crippen molar-refractivity contribution < 1.29 is 9.47 Å². The molecule has 0 saturated heterocycles. The van der Waals surface area contributed by atoms with Gasteiger partial charge in [0.1, 0.15) is 5.82 Å². The van der Waals surface area contributed by atoms with Crippen LogP contribution in [0, 0.1) is 20.8 Å². The van der Waals surface area contributed by atoms with Crippen molar-refractivity contribution in [1.29, 1.82) is 0 Å². The molecule has 162 valence electrons. The summed E-state index contributed by atoms with van der Waals surface area (Å²) in [6.07, 6.45) is 0.890. The van der Waals surface area contributed by atoms with Crippen LogP contribution in [0.15, 0.2) is 34.4 Å². The highest BCUT2D eigenvalue weighted by atomic mass is 32.2. The topological polar surface area (TPSA) is 61.5 Å². The summed E-state index contributed by atoms with van der Waals surface area (Å²) in [6, 6.07) is 8.36. The van der Waals surface area contributed by atoms with E-state index in [4.69, 9.17) is 24.4 Å². The molecule has 0 spiro atoms. The summed E-state index contributed by atoms with van der Waals surface area (Å²) in [4.78, 5) is 14.6. The summed E-state index contributed by atoms with van der Waals surface area (Å²) in [5, 5.41) is 0.939. The van der Waals surface area contributed by atoms with Gasteiger partial charge in [0, 0.05) is 12.1 Å². The quantitative estimate of drug-likeness (QED) is 0.538. The predicted octanol–water partition coefficient (Wildman–Crippen LogP) is 4.79. The predicted molar refractivity (Wildman–Crippen MR) is 125 cm³/mol. The van der Waals surface area contributed by atoms with Crippen LogP contribution in [0.1, 0.15) is 29.2 Å². The van der Waals surface area contributed by atoms with Gasteiger partial charge in [-0.3, -0.25) is 0 Å². The van der Waals surface area contributed by atoms with E-state index in [2.05, 4.69) is 50.5 Å². The molecule has 1 aliphatic rings. The molecule has 0 saturated carbocycles. The standard InChI is InChI=1S/C24H28N4O2S/c1-7-31-24-27-23(25-21-15(3)10-14(2)11-16(21)4)26-22-18-13-20(30-6)19(29-5)12-17(18)8-9-28(22)24/h10-13H,7-9H2,1-6H3. The molecule has 0 aliphatic carbocycles. The summed E-state index contributed by atoms with van der Waals surface area (Å²) in [5.41, 5.74) is 7.14. The Morgan fingerprint density at radius 1 is 1.00 bits per heavy atom. The fourth-order valence-electron chi connectivity index (χ4n) is 4.13. The lowest BCUT2D eigenvalue weighted by atomic mass is 9.99. The first kappa shape index (κ1) is 21.4. The van der Waals surface area contributed by atoms with Crippen molar-refractivity contribution in [3.05, 3.63) is 52.1 Å². The van der Waals surface area contributed by atoms with Gasteiger partial charge < -0.3 is 14.0 Å². The number of hydrogen-bond donors (Lipinski definition) is 0. The number of nitrogens with zero attached hydrogens (tertiary/aromatic N) is 4. The van der Waals surface area contributed by atoms with Crippen molar-refractivity contribution in [2.45, 2.75) is 45.8 Å². The second kappa shape index (κ2) is 8.75. The van der Waals surface area contributed by atoms with Crippen LogP contribution in [0.3, 0.4) is 0 Å². The van der Waals surface area contributed by atoms with Crippen LogP contribution >= 0.6 is 11.8 Å². The van der Waals surface area contributed by atoms with Gasteiger partial charge in [-0.15, -0.1) is 0 Å². The van der Waals surface area contributed by atoms with Gasteiger partial charge in [-0.2, -0.15) is 9.97 Å². The normalized spacial score (nSPS) is 13.0.